The van der Waals surface area contributed by atoms with Gasteiger partial charge in [0.25, 0.3) is 0 Å². The van der Waals surface area contributed by atoms with Crippen LogP contribution in [0.2, 0.25) is 0 Å². The lowest BCUT2D eigenvalue weighted by Crippen LogP contribution is -2.47. The van der Waals surface area contributed by atoms with Gasteiger partial charge in [-0.25, -0.2) is 0 Å². The lowest BCUT2D eigenvalue weighted by Gasteiger charge is -2.37. The molecule has 1 fully saturated rings. The molecular formula is C18H28N2O2. The Labute approximate surface area is 133 Å². The molecule has 4 heteroatoms. The number of carbonyl (C=O) groups excluding carboxylic acids is 1. The maximum Gasteiger partial charge on any atom is 0.224 e. The van der Waals surface area contributed by atoms with Crippen LogP contribution in [0.4, 0.5) is 5.69 Å². The fourth-order valence-corrected chi connectivity index (χ4v) is 3.03. The van der Waals surface area contributed by atoms with Crippen molar-refractivity contribution in [2.24, 2.45) is 0 Å². The summed E-state index contributed by atoms with van der Waals surface area (Å²) < 4.78 is 6.10. The van der Waals surface area contributed by atoms with Crippen LogP contribution in [0, 0.1) is 0 Å². The summed E-state index contributed by atoms with van der Waals surface area (Å²) in [6.45, 7) is 3.52. The van der Waals surface area contributed by atoms with Crippen LogP contribution in [-0.4, -0.2) is 24.7 Å². The zero-order valence-corrected chi connectivity index (χ0v) is 13.6. The van der Waals surface area contributed by atoms with Gasteiger partial charge < -0.3 is 15.8 Å². The molecule has 0 saturated heterocycles. The van der Waals surface area contributed by atoms with E-state index in [4.69, 9.17) is 10.5 Å². The number of rotatable bonds is 7. The number of nitrogens with one attached hydrogen (secondary N) is 1. The minimum atomic E-state index is -0.148. The van der Waals surface area contributed by atoms with Gasteiger partial charge in [0, 0.05) is 18.8 Å². The van der Waals surface area contributed by atoms with Gasteiger partial charge in [0.05, 0.1) is 12.0 Å². The Bertz CT molecular complexity index is 464. The van der Waals surface area contributed by atoms with E-state index in [2.05, 4.69) is 12.2 Å². The summed E-state index contributed by atoms with van der Waals surface area (Å²) in [5, 5.41) is 3.07. The van der Waals surface area contributed by atoms with Gasteiger partial charge in [-0.3, -0.25) is 4.79 Å². The minimum Gasteiger partial charge on any atom is -0.399 e. The molecule has 1 amide bonds. The molecule has 1 aromatic carbocycles. The molecular weight excluding hydrogens is 276 g/mol. The van der Waals surface area contributed by atoms with Crippen LogP contribution in [0.1, 0.15) is 51.0 Å². The monoisotopic (exact) mass is 304 g/mol. The Balaban J connectivity index is 1.85. The standard InChI is InChI=1S/C18H28N2O2/c1-2-12-22-18(10-4-3-5-11-18)14-20-17(21)13-15-6-8-16(19)9-7-15/h6-9H,2-5,10-14,19H2,1H3,(H,20,21). The van der Waals surface area contributed by atoms with Crippen LogP contribution in [0.15, 0.2) is 24.3 Å². The Morgan fingerprint density at radius 2 is 1.91 bits per heavy atom. The second kappa shape index (κ2) is 8.18. The van der Waals surface area contributed by atoms with Crippen molar-refractivity contribution in [2.75, 3.05) is 18.9 Å². The lowest BCUT2D eigenvalue weighted by molar-refractivity contribution is -0.123. The summed E-state index contributed by atoms with van der Waals surface area (Å²) in [4.78, 5) is 12.2. The van der Waals surface area contributed by atoms with Crippen LogP contribution in [-0.2, 0) is 16.0 Å². The van der Waals surface area contributed by atoms with Crippen LogP contribution < -0.4 is 11.1 Å². The second-order valence-electron chi connectivity index (χ2n) is 6.29. The predicted octanol–water partition coefficient (Wildman–Crippen LogP) is 3.06. The van der Waals surface area contributed by atoms with Crippen molar-refractivity contribution >= 4 is 11.6 Å². The van der Waals surface area contributed by atoms with Crippen LogP contribution in [0.5, 0.6) is 0 Å². The molecule has 3 N–H and O–H groups in total. The number of nitrogen functional groups attached to an aromatic ring is 1. The maximum absolute atomic E-state index is 12.2. The average molecular weight is 304 g/mol. The van der Waals surface area contributed by atoms with Crippen LogP contribution in [0.25, 0.3) is 0 Å². The molecule has 0 atom stereocenters. The molecule has 0 spiro atoms. The summed E-state index contributed by atoms with van der Waals surface area (Å²) in [6.07, 6.45) is 7.17. The topological polar surface area (TPSA) is 64.3 Å². The molecule has 1 saturated carbocycles. The molecule has 122 valence electrons. The van der Waals surface area contributed by atoms with E-state index in [1.165, 1.54) is 19.3 Å². The van der Waals surface area contributed by atoms with E-state index >= 15 is 0 Å². The quantitative estimate of drug-likeness (QED) is 0.761. The Kier molecular flexibility index (Phi) is 6.25. The van der Waals surface area contributed by atoms with Crippen molar-refractivity contribution in [2.45, 2.75) is 57.5 Å². The largest absolute Gasteiger partial charge is 0.399 e. The first-order valence-corrected chi connectivity index (χ1v) is 8.39. The molecule has 0 radical (unpaired) electrons. The van der Waals surface area contributed by atoms with E-state index in [1.807, 2.05) is 24.3 Å². The Morgan fingerprint density at radius 3 is 2.55 bits per heavy atom. The van der Waals surface area contributed by atoms with Crippen molar-refractivity contribution in [1.82, 2.24) is 5.32 Å². The van der Waals surface area contributed by atoms with Crippen LogP contribution >= 0.6 is 0 Å². The van der Waals surface area contributed by atoms with E-state index in [0.717, 1.165) is 37.1 Å². The third kappa shape index (κ3) is 5.02. The predicted molar refractivity (Wildman–Crippen MR) is 89.6 cm³/mol. The third-order valence-corrected chi connectivity index (χ3v) is 4.33. The first kappa shape index (κ1) is 16.8. The fourth-order valence-electron chi connectivity index (χ4n) is 3.03. The van der Waals surface area contributed by atoms with Gasteiger partial charge in [-0.15, -0.1) is 0 Å². The minimum absolute atomic E-state index is 0.0508. The highest BCUT2D eigenvalue weighted by Crippen LogP contribution is 2.31. The first-order chi connectivity index (χ1) is 10.6. The van der Waals surface area contributed by atoms with Crippen molar-refractivity contribution in [3.05, 3.63) is 29.8 Å². The highest BCUT2D eigenvalue weighted by atomic mass is 16.5. The van der Waals surface area contributed by atoms with Gasteiger partial charge in [0.2, 0.25) is 5.91 Å². The molecule has 0 aromatic heterocycles. The molecule has 22 heavy (non-hydrogen) atoms. The number of hydrogen-bond donors (Lipinski definition) is 2. The number of carbonyl (C=O) groups is 1. The van der Waals surface area contributed by atoms with Crippen molar-refractivity contribution < 1.29 is 9.53 Å². The van der Waals surface area contributed by atoms with E-state index in [-0.39, 0.29) is 11.5 Å². The zero-order chi connectivity index (χ0) is 15.8. The highest BCUT2D eigenvalue weighted by Gasteiger charge is 2.33. The van der Waals surface area contributed by atoms with Gasteiger partial charge in [-0.05, 0) is 37.0 Å². The number of nitrogens with two attached hydrogens (primary N) is 1. The smallest absolute Gasteiger partial charge is 0.224 e. The SMILES string of the molecule is CCCOC1(CNC(=O)Cc2ccc(N)cc2)CCCCC1. The summed E-state index contributed by atoms with van der Waals surface area (Å²) in [5.41, 5.74) is 7.22. The molecule has 1 aliphatic rings. The van der Waals surface area contributed by atoms with Gasteiger partial charge in [0.1, 0.15) is 0 Å². The number of benzene rings is 1. The van der Waals surface area contributed by atoms with Gasteiger partial charge in [-0.1, -0.05) is 38.3 Å². The fraction of sp³-hybridized carbons (Fsp3) is 0.611. The van der Waals surface area contributed by atoms with Crippen molar-refractivity contribution in [3.8, 4) is 0 Å². The first-order valence-electron chi connectivity index (χ1n) is 8.39. The van der Waals surface area contributed by atoms with E-state index in [0.29, 0.717) is 13.0 Å². The van der Waals surface area contributed by atoms with Gasteiger partial charge in [-0.2, -0.15) is 0 Å². The highest BCUT2D eigenvalue weighted by molar-refractivity contribution is 5.78. The summed E-state index contributed by atoms with van der Waals surface area (Å²) in [7, 11) is 0. The van der Waals surface area contributed by atoms with Crippen molar-refractivity contribution in [3.63, 3.8) is 0 Å². The Hall–Kier alpha value is -1.55. The van der Waals surface area contributed by atoms with E-state index < -0.39 is 0 Å². The maximum atomic E-state index is 12.2. The van der Waals surface area contributed by atoms with Crippen molar-refractivity contribution in [1.29, 1.82) is 0 Å². The molecule has 2 rings (SSSR count). The van der Waals surface area contributed by atoms with E-state index in [1.54, 1.807) is 0 Å². The Morgan fingerprint density at radius 1 is 1.23 bits per heavy atom. The second-order valence-corrected chi connectivity index (χ2v) is 6.29. The van der Waals surface area contributed by atoms with Gasteiger partial charge >= 0.3 is 0 Å². The molecule has 0 aliphatic heterocycles. The summed E-state index contributed by atoms with van der Waals surface area (Å²) in [5.74, 6) is 0.0508. The van der Waals surface area contributed by atoms with Gasteiger partial charge in [0.15, 0.2) is 0 Å². The molecule has 0 unspecified atom stereocenters. The molecule has 1 aliphatic carbocycles. The summed E-state index contributed by atoms with van der Waals surface area (Å²) in [6, 6.07) is 7.46. The molecule has 0 bridgehead atoms. The normalized spacial score (nSPS) is 17.1. The van der Waals surface area contributed by atoms with Crippen LogP contribution in [0.3, 0.4) is 0 Å². The number of ether oxygens (including phenoxy) is 1. The zero-order valence-electron chi connectivity index (χ0n) is 13.6. The lowest BCUT2D eigenvalue weighted by atomic mass is 9.84. The van der Waals surface area contributed by atoms with E-state index in [9.17, 15) is 4.79 Å². The number of anilines is 1. The number of amides is 1. The molecule has 1 aromatic rings. The molecule has 4 nitrogen and oxygen atoms in total. The third-order valence-electron chi connectivity index (χ3n) is 4.33. The summed E-state index contributed by atoms with van der Waals surface area (Å²) >= 11 is 0. The number of hydrogen-bond acceptors (Lipinski definition) is 3. The average Bonchev–Trinajstić information content (AvgIpc) is 2.54. The molecule has 0 heterocycles.